The van der Waals surface area contributed by atoms with Crippen LogP contribution in [0.3, 0.4) is 0 Å². The maximum atomic E-state index is 14.7. The molecule has 4 rings (SSSR count). The summed E-state index contributed by atoms with van der Waals surface area (Å²) >= 11 is 0. The molecule has 0 spiro atoms. The molecule has 0 radical (unpaired) electrons. The molecule has 0 saturated heterocycles. The Morgan fingerprint density at radius 2 is 1.68 bits per heavy atom. The van der Waals surface area contributed by atoms with Gasteiger partial charge in [0.1, 0.15) is 18.2 Å². The Morgan fingerprint density at radius 1 is 1.00 bits per heavy atom. The number of halogens is 3. The van der Waals surface area contributed by atoms with Crippen LogP contribution in [0.25, 0.3) is 0 Å². The van der Waals surface area contributed by atoms with E-state index in [1.54, 1.807) is 24.3 Å². The molecule has 2 aromatic carbocycles. The number of nitrogens with one attached hydrogen (secondary N) is 1. The van der Waals surface area contributed by atoms with Crippen LogP contribution in [0.5, 0.6) is 5.75 Å². The van der Waals surface area contributed by atoms with Crippen molar-refractivity contribution in [1.82, 2.24) is 9.88 Å². The molecule has 7 heteroatoms. The summed E-state index contributed by atoms with van der Waals surface area (Å²) in [5.74, 6) is -3.28. The van der Waals surface area contributed by atoms with Crippen LogP contribution in [0, 0.1) is 5.82 Å². The van der Waals surface area contributed by atoms with E-state index in [9.17, 15) is 18.0 Å². The van der Waals surface area contributed by atoms with Gasteiger partial charge in [0.2, 0.25) is 0 Å². The number of hydrogen-bond donors (Lipinski definition) is 1. The van der Waals surface area contributed by atoms with Gasteiger partial charge in [0.05, 0.1) is 6.54 Å². The lowest BCUT2D eigenvalue weighted by atomic mass is 10.1. The minimum Gasteiger partial charge on any atom is -0.489 e. The molecular weight excluding hydrogens is 405 g/mol. The second kappa shape index (κ2) is 8.98. The van der Waals surface area contributed by atoms with Crippen molar-refractivity contribution in [2.24, 2.45) is 0 Å². The molecule has 1 saturated carbocycles. The first-order chi connectivity index (χ1) is 14.9. The Morgan fingerprint density at radius 3 is 2.32 bits per heavy atom. The lowest BCUT2D eigenvalue weighted by Gasteiger charge is -2.19. The number of rotatable bonds is 9. The molecule has 0 bridgehead atoms. The first-order valence-electron chi connectivity index (χ1n) is 10.2. The van der Waals surface area contributed by atoms with Crippen molar-refractivity contribution in [2.45, 2.75) is 44.5 Å². The number of pyridine rings is 1. The number of hydrogen-bond acceptors (Lipinski definition) is 3. The summed E-state index contributed by atoms with van der Waals surface area (Å²) in [7, 11) is 0. The van der Waals surface area contributed by atoms with E-state index in [0.717, 1.165) is 15.7 Å². The largest absolute Gasteiger partial charge is 0.489 e. The summed E-state index contributed by atoms with van der Waals surface area (Å²) in [6.07, 6.45) is 3.63. The number of benzene rings is 2. The van der Waals surface area contributed by atoms with E-state index < -0.39 is 18.0 Å². The molecule has 4 nitrogen and oxygen atoms in total. The Balaban J connectivity index is 1.38. The quantitative estimate of drug-likeness (QED) is 0.541. The van der Waals surface area contributed by atoms with Crippen molar-refractivity contribution in [3.63, 3.8) is 0 Å². The SMILES string of the molecule is O=c1cc(OCc2ccc(F)cc2)ccn1CC(F)(F)c1ccc(CNC2CC2)cc1. The molecule has 1 heterocycles. The summed E-state index contributed by atoms with van der Waals surface area (Å²) < 4.78 is 48.9. The van der Waals surface area contributed by atoms with Crippen LogP contribution in [-0.2, 0) is 25.6 Å². The van der Waals surface area contributed by atoms with Crippen molar-refractivity contribution in [2.75, 3.05) is 0 Å². The first-order valence-corrected chi connectivity index (χ1v) is 10.2. The molecule has 0 aliphatic heterocycles. The van der Waals surface area contributed by atoms with Crippen LogP contribution in [-0.4, -0.2) is 10.6 Å². The predicted octanol–water partition coefficient (Wildman–Crippen LogP) is 4.61. The topological polar surface area (TPSA) is 43.3 Å². The van der Waals surface area contributed by atoms with Gasteiger partial charge in [-0.3, -0.25) is 4.79 Å². The summed E-state index contributed by atoms with van der Waals surface area (Å²) in [5.41, 5.74) is 0.965. The Hall–Kier alpha value is -3.06. The Kier molecular flexibility index (Phi) is 6.13. The average Bonchev–Trinajstić information content (AvgIpc) is 3.58. The molecule has 1 aromatic heterocycles. The van der Waals surface area contributed by atoms with Crippen molar-refractivity contribution in [1.29, 1.82) is 0 Å². The maximum Gasteiger partial charge on any atom is 0.290 e. The molecule has 162 valence electrons. The number of ether oxygens (including phenoxy) is 1. The van der Waals surface area contributed by atoms with E-state index in [2.05, 4.69) is 5.32 Å². The van der Waals surface area contributed by atoms with Gasteiger partial charge in [-0.25, -0.2) is 4.39 Å². The van der Waals surface area contributed by atoms with Gasteiger partial charge in [-0.2, -0.15) is 8.78 Å². The summed E-state index contributed by atoms with van der Waals surface area (Å²) in [6, 6.07) is 15.2. The summed E-state index contributed by atoms with van der Waals surface area (Å²) in [4.78, 5) is 12.3. The standard InChI is InChI=1S/C24H23F3N2O2/c25-20-7-3-18(4-8-20)15-31-22-11-12-29(23(30)13-22)16-24(26,27)19-5-1-17(2-6-19)14-28-21-9-10-21/h1-8,11-13,21,28H,9-10,14-16H2. The van der Waals surface area contributed by atoms with Gasteiger partial charge in [-0.1, -0.05) is 36.4 Å². The van der Waals surface area contributed by atoms with Gasteiger partial charge in [0.15, 0.2) is 0 Å². The van der Waals surface area contributed by atoms with Crippen molar-refractivity contribution < 1.29 is 17.9 Å². The fraction of sp³-hybridized carbons (Fsp3) is 0.292. The van der Waals surface area contributed by atoms with Crippen molar-refractivity contribution >= 4 is 0 Å². The molecule has 1 fully saturated rings. The fourth-order valence-electron chi connectivity index (χ4n) is 3.18. The second-order valence-electron chi connectivity index (χ2n) is 7.80. The van der Waals surface area contributed by atoms with E-state index in [4.69, 9.17) is 4.74 Å². The molecular formula is C24H23F3N2O2. The van der Waals surface area contributed by atoms with E-state index in [1.165, 1.54) is 55.4 Å². The van der Waals surface area contributed by atoms with Crippen molar-refractivity contribution in [3.8, 4) is 5.75 Å². The van der Waals surface area contributed by atoms with E-state index in [1.807, 2.05) is 0 Å². The third kappa shape index (κ3) is 5.76. The van der Waals surface area contributed by atoms with Crippen LogP contribution in [0.15, 0.2) is 71.7 Å². The number of aromatic nitrogens is 1. The molecule has 31 heavy (non-hydrogen) atoms. The predicted molar refractivity (Wildman–Crippen MR) is 112 cm³/mol. The third-order valence-corrected chi connectivity index (χ3v) is 5.20. The van der Waals surface area contributed by atoms with E-state index in [0.29, 0.717) is 12.6 Å². The zero-order valence-corrected chi connectivity index (χ0v) is 16.9. The fourth-order valence-corrected chi connectivity index (χ4v) is 3.18. The normalized spacial score (nSPS) is 13.9. The van der Waals surface area contributed by atoms with Gasteiger partial charge in [-0.05, 0) is 42.2 Å². The highest BCUT2D eigenvalue weighted by Gasteiger charge is 2.32. The second-order valence-corrected chi connectivity index (χ2v) is 7.80. The van der Waals surface area contributed by atoms with Gasteiger partial charge in [0.25, 0.3) is 11.5 Å². The zero-order valence-electron chi connectivity index (χ0n) is 16.9. The molecule has 1 N–H and O–H groups in total. The minimum absolute atomic E-state index is 0.133. The monoisotopic (exact) mass is 428 g/mol. The van der Waals surface area contributed by atoms with Crippen LogP contribution in [0.4, 0.5) is 13.2 Å². The van der Waals surface area contributed by atoms with E-state index in [-0.39, 0.29) is 23.7 Å². The van der Waals surface area contributed by atoms with Crippen LogP contribution < -0.4 is 15.6 Å². The number of alkyl halides is 2. The lowest BCUT2D eigenvalue weighted by molar-refractivity contribution is -0.0232. The highest BCUT2D eigenvalue weighted by molar-refractivity contribution is 5.26. The van der Waals surface area contributed by atoms with Gasteiger partial charge in [-0.15, -0.1) is 0 Å². The molecule has 1 aliphatic rings. The molecule has 0 unspecified atom stereocenters. The molecule has 3 aromatic rings. The first kappa shape index (κ1) is 21.2. The molecule has 0 amide bonds. The Labute approximate surface area is 178 Å². The molecule has 1 aliphatic carbocycles. The summed E-state index contributed by atoms with van der Waals surface area (Å²) in [5, 5.41) is 3.35. The zero-order chi connectivity index (χ0) is 21.8. The molecule has 0 atom stereocenters. The number of nitrogens with zero attached hydrogens (tertiary/aromatic N) is 1. The maximum absolute atomic E-state index is 14.7. The summed E-state index contributed by atoms with van der Waals surface area (Å²) in [6.45, 7) is 0.0426. The highest BCUT2D eigenvalue weighted by Crippen LogP contribution is 2.30. The third-order valence-electron chi connectivity index (χ3n) is 5.20. The lowest BCUT2D eigenvalue weighted by Crippen LogP contribution is -2.29. The van der Waals surface area contributed by atoms with Crippen molar-refractivity contribution in [3.05, 3.63) is 99.7 Å². The van der Waals surface area contributed by atoms with Gasteiger partial charge in [0, 0.05) is 30.4 Å². The minimum atomic E-state index is -3.19. The smallest absolute Gasteiger partial charge is 0.290 e. The van der Waals surface area contributed by atoms with Crippen LogP contribution in [0.2, 0.25) is 0 Å². The van der Waals surface area contributed by atoms with Crippen LogP contribution >= 0.6 is 0 Å². The Bertz CT molecular complexity index is 1080. The van der Waals surface area contributed by atoms with Gasteiger partial charge < -0.3 is 14.6 Å². The van der Waals surface area contributed by atoms with Crippen LogP contribution in [0.1, 0.15) is 29.5 Å². The van der Waals surface area contributed by atoms with E-state index >= 15 is 0 Å². The highest BCUT2D eigenvalue weighted by atomic mass is 19.3. The van der Waals surface area contributed by atoms with Gasteiger partial charge >= 0.3 is 0 Å². The average molecular weight is 428 g/mol.